The van der Waals surface area contributed by atoms with E-state index in [1.54, 1.807) is 17.9 Å². The van der Waals surface area contributed by atoms with Crippen molar-refractivity contribution < 1.29 is 18.3 Å². The zero-order valence-corrected chi connectivity index (χ0v) is 13.0. The zero-order valence-electron chi connectivity index (χ0n) is 12.2. The van der Waals surface area contributed by atoms with Gasteiger partial charge in [-0.3, -0.25) is 4.79 Å². The molecule has 0 bridgehead atoms. The summed E-state index contributed by atoms with van der Waals surface area (Å²) in [6.45, 7) is 3.59. The third-order valence-corrected chi connectivity index (χ3v) is 5.20. The number of carbonyl (C=O) groups excluding carboxylic acids is 1. The van der Waals surface area contributed by atoms with Crippen LogP contribution >= 0.6 is 0 Å². The topological polar surface area (TPSA) is 86.7 Å². The highest BCUT2D eigenvalue weighted by molar-refractivity contribution is 7.89. The Morgan fingerprint density at radius 1 is 1.48 bits per heavy atom. The molecular weight excluding hydrogens is 292 g/mol. The molecule has 2 N–H and O–H groups in total. The molecule has 2 rings (SSSR count). The summed E-state index contributed by atoms with van der Waals surface area (Å²) in [6.07, 6.45) is 1.23. The second-order valence-electron chi connectivity index (χ2n) is 5.12. The van der Waals surface area contributed by atoms with E-state index in [1.807, 2.05) is 0 Å². The van der Waals surface area contributed by atoms with Crippen LogP contribution in [-0.4, -0.2) is 38.6 Å². The predicted octanol–water partition coefficient (Wildman–Crippen LogP) is 0.645. The Kier molecular flexibility index (Phi) is 4.65. The Labute approximate surface area is 124 Å². The molecule has 1 aromatic carbocycles. The van der Waals surface area contributed by atoms with Gasteiger partial charge in [-0.15, -0.1) is 0 Å². The van der Waals surface area contributed by atoms with Crippen molar-refractivity contribution in [3.8, 4) is 0 Å². The van der Waals surface area contributed by atoms with Crippen molar-refractivity contribution in [2.45, 2.75) is 37.6 Å². The average Bonchev–Trinajstić information content (AvgIpc) is 2.87. The van der Waals surface area contributed by atoms with E-state index in [0.717, 1.165) is 12.0 Å². The molecule has 0 fully saturated rings. The fourth-order valence-corrected chi connectivity index (χ4v) is 3.72. The van der Waals surface area contributed by atoms with Crippen LogP contribution in [0.5, 0.6) is 0 Å². The third kappa shape index (κ3) is 3.25. The first-order valence-electron chi connectivity index (χ1n) is 6.93. The molecule has 1 amide bonds. The molecule has 116 valence electrons. The van der Waals surface area contributed by atoms with Crippen molar-refractivity contribution in [1.29, 1.82) is 0 Å². The van der Waals surface area contributed by atoms with E-state index in [0.29, 0.717) is 18.7 Å². The number of carbonyl (C=O) groups is 1. The van der Waals surface area contributed by atoms with E-state index >= 15 is 0 Å². The SMILES string of the molecule is CC[C@@H](CO)NS(=O)(=O)c1ccc2c(c1)N(C(C)=O)CC2. The lowest BCUT2D eigenvalue weighted by Crippen LogP contribution is -2.37. The van der Waals surface area contributed by atoms with Crippen molar-refractivity contribution in [2.24, 2.45) is 0 Å². The number of aliphatic hydroxyl groups is 1. The molecule has 0 aromatic heterocycles. The largest absolute Gasteiger partial charge is 0.395 e. The van der Waals surface area contributed by atoms with Crippen molar-refractivity contribution in [1.82, 2.24) is 4.72 Å². The highest BCUT2D eigenvalue weighted by atomic mass is 32.2. The van der Waals surface area contributed by atoms with Crippen LogP contribution in [-0.2, 0) is 21.2 Å². The van der Waals surface area contributed by atoms with Crippen LogP contribution in [0, 0.1) is 0 Å². The zero-order chi connectivity index (χ0) is 15.6. The van der Waals surface area contributed by atoms with Crippen LogP contribution in [0.25, 0.3) is 0 Å². The summed E-state index contributed by atoms with van der Waals surface area (Å²) in [5, 5.41) is 9.13. The molecule has 0 saturated carbocycles. The molecule has 1 heterocycles. The highest BCUT2D eigenvalue weighted by Gasteiger charge is 2.26. The molecule has 1 aliphatic rings. The van der Waals surface area contributed by atoms with E-state index in [4.69, 9.17) is 5.11 Å². The van der Waals surface area contributed by atoms with Gasteiger partial charge in [0.2, 0.25) is 15.9 Å². The summed E-state index contributed by atoms with van der Waals surface area (Å²) >= 11 is 0. The van der Waals surface area contributed by atoms with Crippen LogP contribution in [0.3, 0.4) is 0 Å². The Bertz CT molecular complexity index is 638. The molecule has 0 radical (unpaired) electrons. The van der Waals surface area contributed by atoms with Gasteiger partial charge in [-0.2, -0.15) is 0 Å². The van der Waals surface area contributed by atoms with Gasteiger partial charge in [-0.1, -0.05) is 13.0 Å². The lowest BCUT2D eigenvalue weighted by Gasteiger charge is -2.17. The van der Waals surface area contributed by atoms with Gasteiger partial charge in [0, 0.05) is 25.2 Å². The molecule has 21 heavy (non-hydrogen) atoms. The van der Waals surface area contributed by atoms with Crippen LogP contribution < -0.4 is 9.62 Å². The van der Waals surface area contributed by atoms with Gasteiger partial charge in [0.25, 0.3) is 0 Å². The third-order valence-electron chi connectivity index (χ3n) is 3.68. The van der Waals surface area contributed by atoms with Crippen molar-refractivity contribution >= 4 is 21.6 Å². The number of hydrogen-bond acceptors (Lipinski definition) is 4. The van der Waals surface area contributed by atoms with Crippen molar-refractivity contribution in [3.05, 3.63) is 23.8 Å². The van der Waals surface area contributed by atoms with E-state index in [9.17, 15) is 13.2 Å². The average molecular weight is 312 g/mol. The minimum absolute atomic E-state index is 0.0990. The smallest absolute Gasteiger partial charge is 0.240 e. The summed E-state index contributed by atoms with van der Waals surface area (Å²) in [5.74, 6) is -0.0990. The number of anilines is 1. The van der Waals surface area contributed by atoms with Crippen molar-refractivity contribution in [2.75, 3.05) is 18.1 Å². The first-order valence-corrected chi connectivity index (χ1v) is 8.41. The second kappa shape index (κ2) is 6.13. The maximum Gasteiger partial charge on any atom is 0.240 e. The molecule has 1 aliphatic heterocycles. The molecule has 1 aromatic rings. The Hall–Kier alpha value is -1.44. The monoisotopic (exact) mass is 312 g/mol. The van der Waals surface area contributed by atoms with Gasteiger partial charge >= 0.3 is 0 Å². The minimum atomic E-state index is -3.70. The maximum absolute atomic E-state index is 12.3. The Morgan fingerprint density at radius 2 is 2.19 bits per heavy atom. The second-order valence-corrected chi connectivity index (χ2v) is 6.83. The Morgan fingerprint density at radius 3 is 2.76 bits per heavy atom. The van der Waals surface area contributed by atoms with E-state index < -0.39 is 16.1 Å². The molecule has 0 saturated heterocycles. The number of fused-ring (bicyclic) bond motifs is 1. The summed E-state index contributed by atoms with van der Waals surface area (Å²) in [5.41, 5.74) is 1.63. The Balaban J connectivity index is 2.34. The summed E-state index contributed by atoms with van der Waals surface area (Å²) in [4.78, 5) is 13.3. The quantitative estimate of drug-likeness (QED) is 0.835. The normalized spacial score (nSPS) is 15.9. The molecule has 0 unspecified atom stereocenters. The molecule has 0 aliphatic carbocycles. The molecule has 1 atom stereocenters. The number of benzene rings is 1. The molecule has 0 spiro atoms. The molecule has 7 heteroatoms. The summed E-state index contributed by atoms with van der Waals surface area (Å²) < 4.78 is 27.1. The number of nitrogens with zero attached hydrogens (tertiary/aromatic N) is 1. The number of nitrogens with one attached hydrogen (secondary N) is 1. The molecule has 6 nitrogen and oxygen atoms in total. The highest BCUT2D eigenvalue weighted by Crippen LogP contribution is 2.30. The predicted molar refractivity (Wildman–Crippen MR) is 79.7 cm³/mol. The van der Waals surface area contributed by atoms with Crippen LogP contribution in [0.15, 0.2) is 23.1 Å². The molecular formula is C14H20N2O4S. The number of rotatable bonds is 5. The number of sulfonamides is 1. The van der Waals surface area contributed by atoms with Gasteiger partial charge in [0.15, 0.2) is 0 Å². The standard InChI is InChI=1S/C14H20N2O4S/c1-3-12(9-17)15-21(19,20)13-5-4-11-6-7-16(10(2)18)14(11)8-13/h4-5,8,12,15,17H,3,6-7,9H2,1-2H3/t12-/m0/s1. The first kappa shape index (κ1) is 15.9. The van der Waals surface area contributed by atoms with E-state index in [2.05, 4.69) is 4.72 Å². The van der Waals surface area contributed by atoms with Crippen LogP contribution in [0.2, 0.25) is 0 Å². The minimum Gasteiger partial charge on any atom is -0.395 e. The van der Waals surface area contributed by atoms with Crippen molar-refractivity contribution in [3.63, 3.8) is 0 Å². The summed E-state index contributed by atoms with van der Waals surface area (Å²) in [6, 6.07) is 4.30. The van der Waals surface area contributed by atoms with Gasteiger partial charge in [0.05, 0.1) is 11.5 Å². The van der Waals surface area contributed by atoms with Gasteiger partial charge in [0.1, 0.15) is 0 Å². The fraction of sp³-hybridized carbons (Fsp3) is 0.500. The van der Waals surface area contributed by atoms with Crippen LogP contribution in [0.4, 0.5) is 5.69 Å². The number of hydrogen-bond donors (Lipinski definition) is 2. The van der Waals surface area contributed by atoms with Crippen LogP contribution in [0.1, 0.15) is 25.8 Å². The van der Waals surface area contributed by atoms with Gasteiger partial charge in [-0.05, 0) is 30.5 Å². The van der Waals surface area contributed by atoms with Gasteiger partial charge in [-0.25, -0.2) is 13.1 Å². The summed E-state index contributed by atoms with van der Waals surface area (Å²) in [7, 11) is -3.70. The van der Waals surface area contributed by atoms with Gasteiger partial charge < -0.3 is 10.0 Å². The first-order chi connectivity index (χ1) is 9.89. The van der Waals surface area contributed by atoms with E-state index in [1.165, 1.54) is 19.1 Å². The maximum atomic E-state index is 12.3. The lowest BCUT2D eigenvalue weighted by molar-refractivity contribution is -0.116. The number of amides is 1. The number of aliphatic hydroxyl groups excluding tert-OH is 1. The fourth-order valence-electron chi connectivity index (χ4n) is 2.39. The van der Waals surface area contributed by atoms with E-state index in [-0.39, 0.29) is 17.4 Å². The lowest BCUT2D eigenvalue weighted by atomic mass is 10.2.